The lowest BCUT2D eigenvalue weighted by Crippen LogP contribution is -2.37. The highest BCUT2D eigenvalue weighted by molar-refractivity contribution is 5.91. The Morgan fingerprint density at radius 2 is 1.91 bits per heavy atom. The Hall–Kier alpha value is -2.63. The van der Waals surface area contributed by atoms with Crippen molar-refractivity contribution in [2.24, 2.45) is 5.92 Å². The largest absolute Gasteiger partial charge is 0.448 e. The molecule has 2 aromatic rings. The molecule has 0 fully saturated rings. The summed E-state index contributed by atoms with van der Waals surface area (Å²) in [5, 5.41) is 9.46. The predicted molar refractivity (Wildman–Crippen MR) is 86.7 cm³/mol. The van der Waals surface area contributed by atoms with E-state index in [1.807, 2.05) is 44.2 Å². The summed E-state index contributed by atoms with van der Waals surface area (Å²) in [5.41, 5.74) is 1.76. The molecule has 0 aliphatic heterocycles. The molecule has 0 spiro atoms. The third-order valence-corrected chi connectivity index (χ3v) is 3.20. The fourth-order valence-electron chi connectivity index (χ4n) is 1.91. The zero-order valence-corrected chi connectivity index (χ0v) is 13.5. The summed E-state index contributed by atoms with van der Waals surface area (Å²) in [4.78, 5) is 23.9. The normalized spacial score (nSPS) is 12.0. The second kappa shape index (κ2) is 7.58. The molecule has 0 aliphatic rings. The van der Waals surface area contributed by atoms with Gasteiger partial charge in [-0.25, -0.2) is 4.79 Å². The van der Waals surface area contributed by atoms with Gasteiger partial charge in [0.2, 0.25) is 0 Å². The molecule has 0 aliphatic carbocycles. The number of aromatic nitrogens is 2. The number of aromatic amines is 1. The van der Waals surface area contributed by atoms with Crippen LogP contribution in [-0.2, 0) is 9.53 Å². The van der Waals surface area contributed by atoms with Crippen LogP contribution in [0.3, 0.4) is 0 Å². The van der Waals surface area contributed by atoms with E-state index in [1.54, 1.807) is 13.0 Å². The Bertz CT molecular complexity index is 665. The van der Waals surface area contributed by atoms with Crippen LogP contribution in [0, 0.1) is 5.92 Å². The minimum atomic E-state index is -0.857. The van der Waals surface area contributed by atoms with Crippen LogP contribution in [0.15, 0.2) is 36.4 Å². The van der Waals surface area contributed by atoms with E-state index in [1.165, 1.54) is 0 Å². The van der Waals surface area contributed by atoms with E-state index in [4.69, 9.17) is 4.74 Å². The van der Waals surface area contributed by atoms with Crippen molar-refractivity contribution >= 4 is 11.9 Å². The van der Waals surface area contributed by atoms with Gasteiger partial charge in [0.1, 0.15) is 5.69 Å². The van der Waals surface area contributed by atoms with Crippen molar-refractivity contribution in [3.05, 3.63) is 42.1 Å². The lowest BCUT2D eigenvalue weighted by atomic mass is 10.1. The molecule has 1 heterocycles. The molecule has 122 valence electrons. The van der Waals surface area contributed by atoms with Gasteiger partial charge in [-0.1, -0.05) is 44.2 Å². The molecule has 1 atom stereocenters. The van der Waals surface area contributed by atoms with Crippen molar-refractivity contribution in [1.82, 2.24) is 15.5 Å². The first-order valence-corrected chi connectivity index (χ1v) is 7.57. The highest BCUT2D eigenvalue weighted by atomic mass is 16.5. The summed E-state index contributed by atoms with van der Waals surface area (Å²) in [6, 6.07) is 11.1. The van der Waals surface area contributed by atoms with E-state index >= 15 is 0 Å². The molecule has 0 saturated carbocycles. The Balaban J connectivity index is 1.96. The quantitative estimate of drug-likeness (QED) is 0.802. The van der Waals surface area contributed by atoms with Gasteiger partial charge in [0.05, 0.1) is 5.69 Å². The highest BCUT2D eigenvalue weighted by Gasteiger charge is 2.20. The summed E-state index contributed by atoms with van der Waals surface area (Å²) in [7, 11) is 0. The summed E-state index contributed by atoms with van der Waals surface area (Å²) >= 11 is 0. The predicted octanol–water partition coefficient (Wildman–Crippen LogP) is 2.39. The van der Waals surface area contributed by atoms with Gasteiger partial charge < -0.3 is 10.1 Å². The summed E-state index contributed by atoms with van der Waals surface area (Å²) in [6.45, 7) is 6.07. The smallest absolute Gasteiger partial charge is 0.357 e. The van der Waals surface area contributed by atoms with E-state index < -0.39 is 12.1 Å². The van der Waals surface area contributed by atoms with E-state index in [2.05, 4.69) is 15.5 Å². The number of ether oxygens (including phenoxy) is 1. The van der Waals surface area contributed by atoms with Gasteiger partial charge in [-0.05, 0) is 18.9 Å². The van der Waals surface area contributed by atoms with Gasteiger partial charge in [0, 0.05) is 12.1 Å². The minimum Gasteiger partial charge on any atom is -0.448 e. The summed E-state index contributed by atoms with van der Waals surface area (Å²) in [6.07, 6.45) is -0.857. The van der Waals surface area contributed by atoms with Crippen molar-refractivity contribution < 1.29 is 14.3 Å². The molecule has 23 heavy (non-hydrogen) atoms. The van der Waals surface area contributed by atoms with Gasteiger partial charge in [-0.15, -0.1) is 0 Å². The zero-order chi connectivity index (χ0) is 16.8. The Kier molecular flexibility index (Phi) is 5.51. The number of carbonyl (C=O) groups is 2. The molecule has 0 unspecified atom stereocenters. The maximum atomic E-state index is 12.1. The fourth-order valence-corrected chi connectivity index (χ4v) is 1.91. The lowest BCUT2D eigenvalue weighted by molar-refractivity contribution is -0.129. The van der Waals surface area contributed by atoms with E-state index in [0.717, 1.165) is 5.56 Å². The number of benzene rings is 1. The van der Waals surface area contributed by atoms with Gasteiger partial charge in [0.25, 0.3) is 5.91 Å². The average molecular weight is 315 g/mol. The maximum Gasteiger partial charge on any atom is 0.357 e. The third-order valence-electron chi connectivity index (χ3n) is 3.20. The van der Waals surface area contributed by atoms with Crippen LogP contribution in [0.4, 0.5) is 0 Å². The number of amides is 1. The molecule has 2 N–H and O–H groups in total. The average Bonchev–Trinajstić information content (AvgIpc) is 3.03. The number of nitrogens with zero attached hydrogens (tertiary/aromatic N) is 1. The topological polar surface area (TPSA) is 84.1 Å². The van der Waals surface area contributed by atoms with Crippen LogP contribution in [-0.4, -0.2) is 34.7 Å². The molecule has 1 amide bonds. The maximum absolute atomic E-state index is 12.1. The van der Waals surface area contributed by atoms with Gasteiger partial charge in [-0.3, -0.25) is 9.89 Å². The molecule has 0 radical (unpaired) electrons. The number of carbonyl (C=O) groups excluding carboxylic acids is 2. The monoisotopic (exact) mass is 315 g/mol. The van der Waals surface area contributed by atoms with E-state index in [9.17, 15) is 9.59 Å². The van der Waals surface area contributed by atoms with Crippen LogP contribution in [0.5, 0.6) is 0 Å². The fraction of sp³-hybridized carbons (Fsp3) is 0.353. The molecule has 0 saturated heterocycles. The number of H-pyrrole nitrogens is 1. The molecular weight excluding hydrogens is 294 g/mol. The molecule has 0 bridgehead atoms. The van der Waals surface area contributed by atoms with Crippen LogP contribution in [0.25, 0.3) is 11.3 Å². The number of hydrogen-bond acceptors (Lipinski definition) is 4. The minimum absolute atomic E-state index is 0.215. The van der Waals surface area contributed by atoms with Gasteiger partial charge in [-0.2, -0.15) is 5.10 Å². The first kappa shape index (κ1) is 16.7. The van der Waals surface area contributed by atoms with Crippen LogP contribution in [0.1, 0.15) is 31.3 Å². The van der Waals surface area contributed by atoms with Crippen molar-refractivity contribution in [1.29, 1.82) is 0 Å². The molecule has 6 nitrogen and oxygen atoms in total. The Labute approximate surface area is 135 Å². The second-order valence-corrected chi connectivity index (χ2v) is 5.72. The number of esters is 1. The molecule has 1 aromatic carbocycles. The van der Waals surface area contributed by atoms with Gasteiger partial charge >= 0.3 is 5.97 Å². The second-order valence-electron chi connectivity index (χ2n) is 5.72. The van der Waals surface area contributed by atoms with Gasteiger partial charge in [0.15, 0.2) is 6.10 Å². The Morgan fingerprint density at radius 1 is 1.22 bits per heavy atom. The molecule has 2 rings (SSSR count). The number of hydrogen-bond donors (Lipinski definition) is 2. The molecular formula is C17H21N3O3. The lowest BCUT2D eigenvalue weighted by Gasteiger charge is -2.13. The standard InChI is InChI=1S/C17H21N3O3/c1-11(2)10-18-16(21)12(3)23-17(22)15-9-14(19-20-15)13-7-5-4-6-8-13/h4-9,11-12H,10H2,1-3H3,(H,18,21)(H,19,20)/t12-/m0/s1. The zero-order valence-electron chi connectivity index (χ0n) is 13.5. The first-order valence-electron chi connectivity index (χ1n) is 7.57. The van der Waals surface area contributed by atoms with E-state index in [-0.39, 0.29) is 11.6 Å². The first-order chi connectivity index (χ1) is 11.0. The summed E-state index contributed by atoms with van der Waals surface area (Å²) in [5.74, 6) is -0.579. The number of nitrogens with one attached hydrogen (secondary N) is 2. The van der Waals surface area contributed by atoms with Crippen LogP contribution in [0.2, 0.25) is 0 Å². The van der Waals surface area contributed by atoms with Crippen molar-refractivity contribution in [2.45, 2.75) is 26.9 Å². The highest BCUT2D eigenvalue weighted by Crippen LogP contribution is 2.17. The third kappa shape index (κ3) is 4.67. The summed E-state index contributed by atoms with van der Waals surface area (Å²) < 4.78 is 5.16. The van der Waals surface area contributed by atoms with Crippen LogP contribution >= 0.6 is 0 Å². The van der Waals surface area contributed by atoms with Crippen molar-refractivity contribution in [3.63, 3.8) is 0 Å². The van der Waals surface area contributed by atoms with Crippen molar-refractivity contribution in [3.8, 4) is 11.3 Å². The van der Waals surface area contributed by atoms with Crippen LogP contribution < -0.4 is 5.32 Å². The Morgan fingerprint density at radius 3 is 2.57 bits per heavy atom. The SMILES string of the molecule is CC(C)CNC(=O)[C@H](C)OC(=O)c1cc(-c2ccccc2)n[nH]1. The molecule has 6 heteroatoms. The van der Waals surface area contributed by atoms with Crippen molar-refractivity contribution in [2.75, 3.05) is 6.54 Å². The molecule has 1 aromatic heterocycles. The van der Waals surface area contributed by atoms with E-state index in [0.29, 0.717) is 18.2 Å². The number of rotatable bonds is 6.